The van der Waals surface area contributed by atoms with Gasteiger partial charge in [0.25, 0.3) is 0 Å². The summed E-state index contributed by atoms with van der Waals surface area (Å²) in [6, 6.07) is 3.62. The monoisotopic (exact) mass is 205 g/mol. The number of nitrogens with zero attached hydrogens (tertiary/aromatic N) is 3. The van der Waals surface area contributed by atoms with Crippen LogP contribution >= 0.6 is 0 Å². The average Bonchev–Trinajstić information content (AvgIpc) is 2.71. The summed E-state index contributed by atoms with van der Waals surface area (Å²) in [6.45, 7) is 0.714. The highest BCUT2D eigenvalue weighted by atomic mass is 16.5. The van der Waals surface area contributed by atoms with Crippen molar-refractivity contribution >= 4 is 11.5 Å². The Hall–Kier alpha value is -2.11. The second kappa shape index (κ2) is 4.41. The Kier molecular flexibility index (Phi) is 2.77. The van der Waals surface area contributed by atoms with E-state index in [1.165, 1.54) is 6.33 Å². The van der Waals surface area contributed by atoms with Crippen LogP contribution in [-0.2, 0) is 6.42 Å². The van der Waals surface area contributed by atoms with Crippen LogP contribution < -0.4 is 11.1 Å². The summed E-state index contributed by atoms with van der Waals surface area (Å²) in [6.07, 6.45) is 3.73. The fourth-order valence-corrected chi connectivity index (χ4v) is 1.18. The van der Waals surface area contributed by atoms with Gasteiger partial charge in [0.1, 0.15) is 5.82 Å². The van der Waals surface area contributed by atoms with Crippen LogP contribution in [0.15, 0.2) is 29.2 Å². The third-order valence-corrected chi connectivity index (χ3v) is 1.86. The zero-order chi connectivity index (χ0) is 10.5. The van der Waals surface area contributed by atoms with Crippen LogP contribution in [0.4, 0.5) is 11.5 Å². The number of nitrogens with two attached hydrogens (primary N) is 1. The quantitative estimate of drug-likeness (QED) is 0.763. The molecule has 2 aromatic heterocycles. The summed E-state index contributed by atoms with van der Waals surface area (Å²) in [5.41, 5.74) is 6.47. The lowest BCUT2D eigenvalue weighted by Gasteiger charge is -2.04. The molecule has 0 aliphatic carbocycles. The average molecular weight is 205 g/mol. The molecule has 0 saturated heterocycles. The summed E-state index contributed by atoms with van der Waals surface area (Å²) in [7, 11) is 0. The van der Waals surface area contributed by atoms with E-state index in [4.69, 9.17) is 10.3 Å². The Balaban J connectivity index is 1.83. The van der Waals surface area contributed by atoms with Gasteiger partial charge in [-0.3, -0.25) is 0 Å². The highest BCUT2D eigenvalue weighted by Crippen LogP contribution is 2.08. The van der Waals surface area contributed by atoms with E-state index < -0.39 is 0 Å². The highest BCUT2D eigenvalue weighted by Gasteiger charge is 1.98. The van der Waals surface area contributed by atoms with Crippen molar-refractivity contribution in [3.05, 3.63) is 30.5 Å². The van der Waals surface area contributed by atoms with E-state index in [9.17, 15) is 0 Å². The molecule has 78 valence electrons. The number of pyridine rings is 1. The Morgan fingerprint density at radius 1 is 1.40 bits per heavy atom. The van der Waals surface area contributed by atoms with Gasteiger partial charge in [-0.15, -0.1) is 0 Å². The van der Waals surface area contributed by atoms with Gasteiger partial charge in [-0.25, -0.2) is 4.98 Å². The van der Waals surface area contributed by atoms with E-state index in [0.29, 0.717) is 24.7 Å². The fourth-order valence-electron chi connectivity index (χ4n) is 1.18. The minimum atomic E-state index is 0.498. The predicted octanol–water partition coefficient (Wildman–Crippen LogP) is 0.701. The molecular weight excluding hydrogens is 194 g/mol. The minimum absolute atomic E-state index is 0.498. The molecule has 6 heteroatoms. The molecule has 0 atom stereocenters. The fraction of sp³-hybridized carbons (Fsp3) is 0.222. The number of nitrogens with one attached hydrogen (secondary N) is 1. The number of rotatable bonds is 4. The Morgan fingerprint density at radius 2 is 2.33 bits per heavy atom. The standard InChI is InChI=1S/C9H11N5O/c10-8-5-7(1-3-12-8)11-4-2-9-13-6-14-15-9/h1,3,5-6H,2,4H2,(H3,10,11,12). The first-order valence-electron chi connectivity index (χ1n) is 4.55. The van der Waals surface area contributed by atoms with Crippen molar-refractivity contribution in [2.75, 3.05) is 17.6 Å². The first-order valence-corrected chi connectivity index (χ1v) is 4.55. The third kappa shape index (κ3) is 2.67. The second-order valence-electron chi connectivity index (χ2n) is 2.98. The van der Waals surface area contributed by atoms with Crippen molar-refractivity contribution in [3.63, 3.8) is 0 Å². The first-order chi connectivity index (χ1) is 7.34. The first kappa shape index (κ1) is 9.45. The Morgan fingerprint density at radius 3 is 3.07 bits per heavy atom. The van der Waals surface area contributed by atoms with Gasteiger partial charge in [0.2, 0.25) is 5.89 Å². The number of anilines is 2. The smallest absolute Gasteiger partial charge is 0.228 e. The maximum Gasteiger partial charge on any atom is 0.228 e. The molecule has 0 aromatic carbocycles. The molecule has 2 aromatic rings. The minimum Gasteiger partial charge on any atom is -0.384 e. The van der Waals surface area contributed by atoms with Crippen molar-refractivity contribution in [2.45, 2.75) is 6.42 Å². The summed E-state index contributed by atoms with van der Waals surface area (Å²) in [5.74, 6) is 1.11. The Bertz CT molecular complexity index is 414. The van der Waals surface area contributed by atoms with Gasteiger partial charge in [0.15, 0.2) is 6.33 Å². The predicted molar refractivity (Wildman–Crippen MR) is 55.1 cm³/mol. The molecule has 3 N–H and O–H groups in total. The number of hydrogen-bond donors (Lipinski definition) is 2. The lowest BCUT2D eigenvalue weighted by Crippen LogP contribution is -2.05. The van der Waals surface area contributed by atoms with E-state index in [1.54, 1.807) is 12.3 Å². The second-order valence-corrected chi connectivity index (χ2v) is 2.98. The zero-order valence-corrected chi connectivity index (χ0v) is 8.05. The van der Waals surface area contributed by atoms with Crippen molar-refractivity contribution in [3.8, 4) is 0 Å². The number of nitrogen functional groups attached to an aromatic ring is 1. The van der Waals surface area contributed by atoms with E-state index in [2.05, 4.69) is 20.4 Å². The molecule has 0 unspecified atom stereocenters. The van der Waals surface area contributed by atoms with Gasteiger partial charge in [0, 0.05) is 30.9 Å². The van der Waals surface area contributed by atoms with Crippen LogP contribution in [0.2, 0.25) is 0 Å². The van der Waals surface area contributed by atoms with Crippen LogP contribution in [0.25, 0.3) is 0 Å². The van der Waals surface area contributed by atoms with E-state index in [1.807, 2.05) is 6.07 Å². The van der Waals surface area contributed by atoms with Crippen molar-refractivity contribution in [1.29, 1.82) is 0 Å². The van der Waals surface area contributed by atoms with Crippen LogP contribution in [0, 0.1) is 0 Å². The Labute approximate surface area is 86.5 Å². The van der Waals surface area contributed by atoms with Crippen LogP contribution in [0.3, 0.4) is 0 Å². The summed E-state index contributed by atoms with van der Waals surface area (Å²) < 4.78 is 4.86. The van der Waals surface area contributed by atoms with Gasteiger partial charge < -0.3 is 15.6 Å². The van der Waals surface area contributed by atoms with E-state index in [0.717, 1.165) is 5.69 Å². The van der Waals surface area contributed by atoms with Gasteiger partial charge >= 0.3 is 0 Å². The maximum absolute atomic E-state index is 5.53. The van der Waals surface area contributed by atoms with Crippen LogP contribution in [0.5, 0.6) is 0 Å². The summed E-state index contributed by atoms with van der Waals surface area (Å²) in [5, 5.41) is 6.69. The van der Waals surface area contributed by atoms with Gasteiger partial charge in [-0.05, 0) is 6.07 Å². The van der Waals surface area contributed by atoms with Crippen molar-refractivity contribution < 1.29 is 4.52 Å². The van der Waals surface area contributed by atoms with Crippen molar-refractivity contribution in [1.82, 2.24) is 15.1 Å². The maximum atomic E-state index is 5.53. The molecule has 0 fully saturated rings. The summed E-state index contributed by atoms with van der Waals surface area (Å²) >= 11 is 0. The van der Waals surface area contributed by atoms with Gasteiger partial charge in [-0.1, -0.05) is 5.16 Å². The van der Waals surface area contributed by atoms with Gasteiger partial charge in [0.05, 0.1) is 0 Å². The number of aromatic nitrogens is 3. The molecular formula is C9H11N5O. The van der Waals surface area contributed by atoms with E-state index >= 15 is 0 Å². The van der Waals surface area contributed by atoms with Crippen LogP contribution in [-0.4, -0.2) is 21.7 Å². The molecule has 6 nitrogen and oxygen atoms in total. The molecule has 0 bridgehead atoms. The molecule has 0 amide bonds. The lowest BCUT2D eigenvalue weighted by molar-refractivity contribution is 0.380. The van der Waals surface area contributed by atoms with E-state index in [-0.39, 0.29) is 0 Å². The lowest BCUT2D eigenvalue weighted by atomic mass is 10.3. The molecule has 2 heterocycles. The molecule has 0 saturated carbocycles. The topological polar surface area (TPSA) is 89.9 Å². The highest BCUT2D eigenvalue weighted by molar-refractivity contribution is 5.49. The molecule has 2 rings (SSSR count). The molecule has 0 aliphatic heterocycles. The molecule has 0 radical (unpaired) electrons. The zero-order valence-electron chi connectivity index (χ0n) is 8.05. The third-order valence-electron chi connectivity index (χ3n) is 1.86. The molecule has 15 heavy (non-hydrogen) atoms. The number of hydrogen-bond acceptors (Lipinski definition) is 6. The molecule has 0 spiro atoms. The summed E-state index contributed by atoms with van der Waals surface area (Å²) in [4.78, 5) is 7.80. The van der Waals surface area contributed by atoms with Gasteiger partial charge in [-0.2, -0.15) is 4.98 Å². The van der Waals surface area contributed by atoms with Crippen molar-refractivity contribution in [2.24, 2.45) is 0 Å². The van der Waals surface area contributed by atoms with Crippen LogP contribution in [0.1, 0.15) is 5.89 Å². The normalized spacial score (nSPS) is 10.1. The SMILES string of the molecule is Nc1cc(NCCc2ncno2)ccn1. The molecule has 0 aliphatic rings. The largest absolute Gasteiger partial charge is 0.384 e.